The standard InChI is InChI=1S/C12H21NO3/c1-8(9-4-6-16-7-5-9)13-11(12(14)15)10-2-3-10/h8-11,13H,2-7H2,1H3,(H,14,15). The monoisotopic (exact) mass is 227 g/mol. The minimum absolute atomic E-state index is 0.283. The van der Waals surface area contributed by atoms with Crippen molar-refractivity contribution in [1.29, 1.82) is 0 Å². The number of hydrogen-bond donors (Lipinski definition) is 2. The highest BCUT2D eigenvalue weighted by atomic mass is 16.5. The van der Waals surface area contributed by atoms with Crippen LogP contribution in [0.2, 0.25) is 0 Å². The van der Waals surface area contributed by atoms with Crippen molar-refractivity contribution in [3.8, 4) is 0 Å². The molecule has 0 bridgehead atoms. The Morgan fingerprint density at radius 2 is 1.88 bits per heavy atom. The Labute approximate surface area is 96.4 Å². The fraction of sp³-hybridized carbons (Fsp3) is 0.917. The van der Waals surface area contributed by atoms with E-state index in [0.717, 1.165) is 38.9 Å². The average Bonchev–Trinajstić information content (AvgIpc) is 3.10. The number of hydrogen-bond acceptors (Lipinski definition) is 3. The summed E-state index contributed by atoms with van der Waals surface area (Å²) in [5.74, 6) is 0.232. The zero-order valence-electron chi connectivity index (χ0n) is 9.82. The summed E-state index contributed by atoms with van der Waals surface area (Å²) in [5.41, 5.74) is 0. The van der Waals surface area contributed by atoms with Crippen LogP contribution in [-0.2, 0) is 9.53 Å². The molecule has 16 heavy (non-hydrogen) atoms. The number of carboxylic acid groups (broad SMARTS) is 1. The lowest BCUT2D eigenvalue weighted by atomic mass is 9.92. The van der Waals surface area contributed by atoms with Gasteiger partial charge in [-0.15, -0.1) is 0 Å². The predicted molar refractivity (Wildman–Crippen MR) is 60.3 cm³/mol. The number of rotatable bonds is 5. The molecular formula is C12H21NO3. The van der Waals surface area contributed by atoms with Crippen molar-refractivity contribution < 1.29 is 14.6 Å². The van der Waals surface area contributed by atoms with E-state index >= 15 is 0 Å². The average molecular weight is 227 g/mol. The van der Waals surface area contributed by atoms with Gasteiger partial charge in [0.25, 0.3) is 0 Å². The van der Waals surface area contributed by atoms with Gasteiger partial charge in [0.1, 0.15) is 6.04 Å². The highest BCUT2D eigenvalue weighted by Gasteiger charge is 2.37. The summed E-state index contributed by atoms with van der Waals surface area (Å²) >= 11 is 0. The summed E-state index contributed by atoms with van der Waals surface area (Å²) in [5, 5.41) is 12.4. The first-order valence-corrected chi connectivity index (χ1v) is 6.25. The summed E-state index contributed by atoms with van der Waals surface area (Å²) in [7, 11) is 0. The molecule has 92 valence electrons. The van der Waals surface area contributed by atoms with E-state index in [1.54, 1.807) is 0 Å². The minimum Gasteiger partial charge on any atom is -0.480 e. The molecular weight excluding hydrogens is 206 g/mol. The van der Waals surface area contributed by atoms with Crippen molar-refractivity contribution >= 4 is 5.97 Å². The van der Waals surface area contributed by atoms with Gasteiger partial charge in [0.15, 0.2) is 0 Å². The largest absolute Gasteiger partial charge is 0.480 e. The van der Waals surface area contributed by atoms with E-state index in [1.165, 1.54) is 0 Å². The van der Waals surface area contributed by atoms with Gasteiger partial charge in [0, 0.05) is 19.3 Å². The molecule has 1 saturated heterocycles. The Hall–Kier alpha value is -0.610. The van der Waals surface area contributed by atoms with E-state index in [9.17, 15) is 4.79 Å². The summed E-state index contributed by atoms with van der Waals surface area (Å²) in [6, 6.07) is -0.0524. The molecule has 1 heterocycles. The lowest BCUT2D eigenvalue weighted by Crippen LogP contribution is -2.47. The van der Waals surface area contributed by atoms with Gasteiger partial charge in [-0.3, -0.25) is 4.79 Å². The number of ether oxygens (including phenoxy) is 1. The Balaban J connectivity index is 1.83. The highest BCUT2D eigenvalue weighted by Crippen LogP contribution is 2.33. The number of nitrogens with one attached hydrogen (secondary N) is 1. The van der Waals surface area contributed by atoms with Gasteiger partial charge in [-0.05, 0) is 44.4 Å². The van der Waals surface area contributed by atoms with Gasteiger partial charge in [0.05, 0.1) is 0 Å². The molecule has 0 aromatic heterocycles. The van der Waals surface area contributed by atoms with Crippen LogP contribution in [0, 0.1) is 11.8 Å². The maximum atomic E-state index is 11.1. The SMILES string of the molecule is CC(NC(C(=O)O)C1CC1)C1CCOCC1. The summed E-state index contributed by atoms with van der Waals surface area (Å²) < 4.78 is 5.32. The third-order valence-corrected chi connectivity index (χ3v) is 3.77. The third kappa shape index (κ3) is 2.95. The van der Waals surface area contributed by atoms with Crippen molar-refractivity contribution in [2.45, 2.75) is 44.7 Å². The van der Waals surface area contributed by atoms with Crippen LogP contribution in [0.3, 0.4) is 0 Å². The molecule has 2 unspecified atom stereocenters. The molecule has 2 atom stereocenters. The van der Waals surface area contributed by atoms with Gasteiger partial charge < -0.3 is 15.2 Å². The van der Waals surface area contributed by atoms with E-state index < -0.39 is 5.97 Å². The lowest BCUT2D eigenvalue weighted by molar-refractivity contribution is -0.140. The molecule has 0 aromatic carbocycles. The van der Waals surface area contributed by atoms with Crippen LogP contribution in [0.4, 0.5) is 0 Å². The Bertz CT molecular complexity index is 247. The van der Waals surface area contributed by atoms with E-state index in [4.69, 9.17) is 9.84 Å². The van der Waals surface area contributed by atoms with Crippen LogP contribution < -0.4 is 5.32 Å². The summed E-state index contributed by atoms with van der Waals surface area (Å²) in [4.78, 5) is 11.1. The molecule has 2 N–H and O–H groups in total. The lowest BCUT2D eigenvalue weighted by Gasteiger charge is -2.30. The maximum Gasteiger partial charge on any atom is 0.320 e. The molecule has 1 aliphatic carbocycles. The fourth-order valence-corrected chi connectivity index (χ4v) is 2.47. The Morgan fingerprint density at radius 1 is 1.25 bits per heavy atom. The van der Waals surface area contributed by atoms with Gasteiger partial charge in [-0.25, -0.2) is 0 Å². The molecule has 0 spiro atoms. The molecule has 4 nitrogen and oxygen atoms in total. The molecule has 2 rings (SSSR count). The van der Waals surface area contributed by atoms with E-state index in [-0.39, 0.29) is 12.1 Å². The molecule has 0 radical (unpaired) electrons. The highest BCUT2D eigenvalue weighted by molar-refractivity contribution is 5.74. The van der Waals surface area contributed by atoms with E-state index in [0.29, 0.717) is 11.8 Å². The Morgan fingerprint density at radius 3 is 2.38 bits per heavy atom. The van der Waals surface area contributed by atoms with Crippen LogP contribution in [0.15, 0.2) is 0 Å². The summed E-state index contributed by atoms with van der Waals surface area (Å²) in [6.07, 6.45) is 4.21. The van der Waals surface area contributed by atoms with Gasteiger partial charge in [-0.2, -0.15) is 0 Å². The molecule has 2 fully saturated rings. The second kappa shape index (κ2) is 5.15. The predicted octanol–water partition coefficient (Wildman–Crippen LogP) is 1.25. The smallest absolute Gasteiger partial charge is 0.320 e. The van der Waals surface area contributed by atoms with E-state index in [2.05, 4.69) is 12.2 Å². The molecule has 1 aliphatic heterocycles. The van der Waals surface area contributed by atoms with Crippen molar-refractivity contribution in [2.75, 3.05) is 13.2 Å². The van der Waals surface area contributed by atoms with Crippen LogP contribution >= 0.6 is 0 Å². The topological polar surface area (TPSA) is 58.6 Å². The third-order valence-electron chi connectivity index (χ3n) is 3.77. The molecule has 1 saturated carbocycles. The zero-order chi connectivity index (χ0) is 11.5. The number of aliphatic carboxylic acids is 1. The number of carboxylic acids is 1. The quantitative estimate of drug-likeness (QED) is 0.742. The van der Waals surface area contributed by atoms with Gasteiger partial charge >= 0.3 is 5.97 Å². The molecule has 0 amide bonds. The molecule has 0 aromatic rings. The van der Waals surface area contributed by atoms with Gasteiger partial charge in [0.2, 0.25) is 0 Å². The first-order valence-electron chi connectivity index (χ1n) is 6.25. The van der Waals surface area contributed by atoms with Crippen LogP contribution in [0.5, 0.6) is 0 Å². The van der Waals surface area contributed by atoms with Crippen LogP contribution in [-0.4, -0.2) is 36.4 Å². The van der Waals surface area contributed by atoms with Crippen molar-refractivity contribution in [1.82, 2.24) is 5.32 Å². The van der Waals surface area contributed by atoms with E-state index in [1.807, 2.05) is 0 Å². The van der Waals surface area contributed by atoms with Crippen LogP contribution in [0.25, 0.3) is 0 Å². The summed E-state index contributed by atoms with van der Waals surface area (Å²) in [6.45, 7) is 3.74. The van der Waals surface area contributed by atoms with Crippen molar-refractivity contribution in [3.63, 3.8) is 0 Å². The normalized spacial score (nSPS) is 26.3. The zero-order valence-corrected chi connectivity index (χ0v) is 9.82. The van der Waals surface area contributed by atoms with Crippen molar-refractivity contribution in [3.05, 3.63) is 0 Å². The van der Waals surface area contributed by atoms with Gasteiger partial charge in [-0.1, -0.05) is 0 Å². The first-order chi connectivity index (χ1) is 7.68. The van der Waals surface area contributed by atoms with Crippen LogP contribution in [0.1, 0.15) is 32.6 Å². The first kappa shape index (κ1) is 11.9. The number of carbonyl (C=O) groups is 1. The molecule has 2 aliphatic rings. The van der Waals surface area contributed by atoms with Crippen molar-refractivity contribution in [2.24, 2.45) is 11.8 Å². The Kier molecular flexibility index (Phi) is 3.82. The second-order valence-corrected chi connectivity index (χ2v) is 5.06. The molecule has 4 heteroatoms. The second-order valence-electron chi connectivity index (χ2n) is 5.06. The fourth-order valence-electron chi connectivity index (χ4n) is 2.47. The maximum absolute atomic E-state index is 11.1. The minimum atomic E-state index is -0.693.